The number of para-hydroxylation sites is 1. The van der Waals surface area contributed by atoms with Gasteiger partial charge in [-0.3, -0.25) is 14.9 Å². The Kier molecular flexibility index (Phi) is 5.11. The largest absolute Gasteiger partial charge is 0.472 e. The summed E-state index contributed by atoms with van der Waals surface area (Å²) in [5.74, 6) is 0.768. The van der Waals surface area contributed by atoms with Crippen LogP contribution in [-0.2, 0) is 0 Å². The van der Waals surface area contributed by atoms with E-state index in [1.807, 2.05) is 6.92 Å². The molecular formula is C18H20N4O4. The molecule has 2 aromatic rings. The normalized spacial score (nSPS) is 17.0. The van der Waals surface area contributed by atoms with Crippen LogP contribution in [0.25, 0.3) is 0 Å². The monoisotopic (exact) mass is 356 g/mol. The fourth-order valence-corrected chi connectivity index (χ4v) is 3.12. The number of amides is 1. The van der Waals surface area contributed by atoms with Crippen molar-refractivity contribution < 1.29 is 14.5 Å². The number of aryl methyl sites for hydroxylation is 2. The van der Waals surface area contributed by atoms with Crippen LogP contribution in [-0.4, -0.2) is 44.9 Å². The molecule has 0 saturated carbocycles. The van der Waals surface area contributed by atoms with Crippen LogP contribution in [0.2, 0.25) is 0 Å². The highest BCUT2D eigenvalue weighted by Crippen LogP contribution is 2.23. The number of hydrogen-bond donors (Lipinski definition) is 0. The lowest BCUT2D eigenvalue weighted by molar-refractivity contribution is -0.385. The maximum atomic E-state index is 12.8. The van der Waals surface area contributed by atoms with Crippen LogP contribution >= 0.6 is 0 Å². The molecule has 136 valence electrons. The van der Waals surface area contributed by atoms with E-state index in [1.165, 1.54) is 12.1 Å². The van der Waals surface area contributed by atoms with Gasteiger partial charge in [-0.1, -0.05) is 12.1 Å². The zero-order valence-electron chi connectivity index (χ0n) is 14.7. The van der Waals surface area contributed by atoms with Crippen LogP contribution in [0.5, 0.6) is 5.88 Å². The number of rotatable bonds is 4. The maximum absolute atomic E-state index is 12.8. The smallest absolute Gasteiger partial charge is 0.282 e. The third-order valence-electron chi connectivity index (χ3n) is 4.23. The van der Waals surface area contributed by atoms with Gasteiger partial charge in [-0.05, 0) is 32.8 Å². The first-order valence-corrected chi connectivity index (χ1v) is 8.45. The first kappa shape index (κ1) is 17.8. The Bertz CT molecular complexity index is 819. The summed E-state index contributed by atoms with van der Waals surface area (Å²) >= 11 is 0. The van der Waals surface area contributed by atoms with Gasteiger partial charge in [-0.2, -0.15) is 4.98 Å². The number of benzene rings is 1. The number of carbonyl (C=O) groups is 1. The van der Waals surface area contributed by atoms with Gasteiger partial charge in [0.1, 0.15) is 17.5 Å². The highest BCUT2D eigenvalue weighted by molar-refractivity contribution is 5.98. The van der Waals surface area contributed by atoms with Gasteiger partial charge < -0.3 is 9.64 Å². The second kappa shape index (κ2) is 7.47. The van der Waals surface area contributed by atoms with Crippen molar-refractivity contribution in [3.8, 4) is 5.88 Å². The SMILES string of the molecule is Cc1cc(OC2CCCN(C(=O)c3ccccc3[N+](=O)[O-])C2)nc(C)n1. The van der Waals surface area contributed by atoms with Crippen LogP contribution < -0.4 is 4.74 Å². The van der Waals surface area contributed by atoms with E-state index in [0.717, 1.165) is 18.5 Å². The topological polar surface area (TPSA) is 98.5 Å². The molecule has 0 radical (unpaired) electrons. The fraction of sp³-hybridized carbons (Fsp3) is 0.389. The Labute approximate surface area is 151 Å². The molecule has 1 saturated heterocycles. The summed E-state index contributed by atoms with van der Waals surface area (Å²) in [5.41, 5.74) is 0.741. The van der Waals surface area contributed by atoms with Crippen molar-refractivity contribution in [2.75, 3.05) is 13.1 Å². The number of carbonyl (C=O) groups excluding carboxylic acids is 1. The van der Waals surface area contributed by atoms with E-state index in [2.05, 4.69) is 9.97 Å². The minimum atomic E-state index is -0.530. The minimum absolute atomic E-state index is 0.104. The number of ether oxygens (including phenoxy) is 1. The summed E-state index contributed by atoms with van der Waals surface area (Å²) < 4.78 is 5.93. The lowest BCUT2D eigenvalue weighted by Crippen LogP contribution is -2.44. The Balaban J connectivity index is 1.74. The number of hydrogen-bond acceptors (Lipinski definition) is 6. The number of piperidine rings is 1. The van der Waals surface area contributed by atoms with E-state index in [1.54, 1.807) is 30.0 Å². The first-order valence-electron chi connectivity index (χ1n) is 8.45. The molecule has 0 aliphatic carbocycles. The third kappa shape index (κ3) is 3.96. The standard InChI is InChI=1S/C18H20N4O4/c1-12-10-17(20-13(2)19-12)26-14-6-5-9-21(11-14)18(23)15-7-3-4-8-16(15)22(24)25/h3-4,7-8,10,14H,5-6,9,11H2,1-2H3. The second-order valence-electron chi connectivity index (χ2n) is 6.30. The molecule has 1 fully saturated rings. The minimum Gasteiger partial charge on any atom is -0.472 e. The molecule has 0 bridgehead atoms. The molecule has 1 aliphatic rings. The number of aromatic nitrogens is 2. The molecular weight excluding hydrogens is 336 g/mol. The quantitative estimate of drug-likeness (QED) is 0.617. The third-order valence-corrected chi connectivity index (χ3v) is 4.23. The highest BCUT2D eigenvalue weighted by Gasteiger charge is 2.29. The summed E-state index contributed by atoms with van der Waals surface area (Å²) in [6, 6.07) is 7.77. The Morgan fingerprint density at radius 1 is 1.31 bits per heavy atom. The molecule has 0 N–H and O–H groups in total. The van der Waals surface area contributed by atoms with Crippen molar-refractivity contribution in [2.24, 2.45) is 0 Å². The fourth-order valence-electron chi connectivity index (χ4n) is 3.12. The lowest BCUT2D eigenvalue weighted by atomic mass is 10.1. The lowest BCUT2D eigenvalue weighted by Gasteiger charge is -2.32. The van der Waals surface area contributed by atoms with Crippen LogP contribution in [0.4, 0.5) is 5.69 Å². The summed E-state index contributed by atoms with van der Waals surface area (Å²) in [5, 5.41) is 11.2. The van der Waals surface area contributed by atoms with Gasteiger partial charge >= 0.3 is 0 Å². The Morgan fingerprint density at radius 3 is 2.81 bits per heavy atom. The van der Waals surface area contributed by atoms with E-state index in [-0.39, 0.29) is 23.3 Å². The molecule has 1 unspecified atom stereocenters. The van der Waals surface area contributed by atoms with Crippen LogP contribution in [0.15, 0.2) is 30.3 Å². The first-order chi connectivity index (χ1) is 12.4. The van der Waals surface area contributed by atoms with Crippen LogP contribution in [0.1, 0.15) is 34.7 Å². The van der Waals surface area contributed by atoms with Gasteiger partial charge in [0.05, 0.1) is 11.5 Å². The van der Waals surface area contributed by atoms with Crippen LogP contribution in [0.3, 0.4) is 0 Å². The van der Waals surface area contributed by atoms with Crippen molar-refractivity contribution >= 4 is 11.6 Å². The molecule has 1 aromatic heterocycles. The van der Waals surface area contributed by atoms with E-state index in [4.69, 9.17) is 4.74 Å². The number of likely N-dealkylation sites (tertiary alicyclic amines) is 1. The summed E-state index contributed by atoms with van der Waals surface area (Å²) in [7, 11) is 0. The van der Waals surface area contributed by atoms with Gasteiger partial charge in [-0.15, -0.1) is 0 Å². The second-order valence-corrected chi connectivity index (χ2v) is 6.30. The van der Waals surface area contributed by atoms with Crippen molar-refractivity contribution in [2.45, 2.75) is 32.8 Å². The van der Waals surface area contributed by atoms with Crippen molar-refractivity contribution in [3.05, 3.63) is 57.5 Å². The van der Waals surface area contributed by atoms with Crippen molar-refractivity contribution in [3.63, 3.8) is 0 Å². The number of nitro benzene ring substituents is 1. The molecule has 8 heteroatoms. The molecule has 1 atom stereocenters. The van der Waals surface area contributed by atoms with Gasteiger partial charge in [0.15, 0.2) is 0 Å². The molecule has 1 aliphatic heterocycles. The molecule has 1 amide bonds. The molecule has 3 rings (SSSR count). The van der Waals surface area contributed by atoms with E-state index in [9.17, 15) is 14.9 Å². The number of nitro groups is 1. The molecule has 2 heterocycles. The predicted octanol–water partition coefficient (Wildman–Crippen LogP) is 2.69. The Hall–Kier alpha value is -3.03. The van der Waals surface area contributed by atoms with E-state index >= 15 is 0 Å². The molecule has 0 spiro atoms. The van der Waals surface area contributed by atoms with E-state index < -0.39 is 4.92 Å². The zero-order valence-corrected chi connectivity index (χ0v) is 14.7. The average Bonchev–Trinajstić information content (AvgIpc) is 2.60. The van der Waals surface area contributed by atoms with Crippen molar-refractivity contribution in [1.82, 2.24) is 14.9 Å². The highest BCUT2D eigenvalue weighted by atomic mass is 16.6. The van der Waals surface area contributed by atoms with Crippen molar-refractivity contribution in [1.29, 1.82) is 0 Å². The van der Waals surface area contributed by atoms with Gasteiger partial charge in [0.2, 0.25) is 5.88 Å². The summed E-state index contributed by atoms with van der Waals surface area (Å²) in [4.78, 5) is 33.5. The van der Waals surface area contributed by atoms with Crippen LogP contribution in [0, 0.1) is 24.0 Å². The molecule has 8 nitrogen and oxygen atoms in total. The molecule has 1 aromatic carbocycles. The number of nitrogens with zero attached hydrogens (tertiary/aromatic N) is 4. The zero-order chi connectivity index (χ0) is 18.7. The predicted molar refractivity (Wildman–Crippen MR) is 94.2 cm³/mol. The van der Waals surface area contributed by atoms with Gasteiger partial charge in [-0.25, -0.2) is 4.98 Å². The van der Waals surface area contributed by atoms with E-state index in [0.29, 0.717) is 24.8 Å². The summed E-state index contributed by atoms with van der Waals surface area (Å²) in [6.45, 7) is 4.58. The molecule has 26 heavy (non-hydrogen) atoms. The average molecular weight is 356 g/mol. The van der Waals surface area contributed by atoms with Gasteiger partial charge in [0, 0.05) is 24.4 Å². The summed E-state index contributed by atoms with van der Waals surface area (Å²) in [6.07, 6.45) is 1.35. The van der Waals surface area contributed by atoms with Gasteiger partial charge in [0.25, 0.3) is 11.6 Å². The maximum Gasteiger partial charge on any atom is 0.282 e. The Morgan fingerprint density at radius 2 is 2.08 bits per heavy atom.